The van der Waals surface area contributed by atoms with Gasteiger partial charge in [-0.05, 0) is 18.9 Å². The molecule has 3 saturated heterocycles. The molecule has 0 amide bonds. The molecule has 5 atom stereocenters. The number of likely N-dealkylation sites (tertiary alicyclic amines) is 1. The van der Waals surface area contributed by atoms with Gasteiger partial charge in [0.1, 0.15) is 0 Å². The molecule has 0 spiro atoms. The number of ether oxygens (including phenoxy) is 2. The molecule has 1 aromatic rings. The summed E-state index contributed by atoms with van der Waals surface area (Å²) in [5.41, 5.74) is 1.53. The van der Waals surface area contributed by atoms with Crippen LogP contribution in [0.2, 0.25) is 0 Å². The van der Waals surface area contributed by atoms with Crippen LogP contribution in [-0.4, -0.2) is 79.4 Å². The van der Waals surface area contributed by atoms with Gasteiger partial charge < -0.3 is 19.7 Å². The van der Waals surface area contributed by atoms with Crippen molar-refractivity contribution in [3.05, 3.63) is 35.9 Å². The molecule has 1 aliphatic carbocycles. The van der Waals surface area contributed by atoms with Crippen molar-refractivity contribution in [3.8, 4) is 0 Å². The number of morpholine rings is 1. The van der Waals surface area contributed by atoms with Gasteiger partial charge >= 0.3 is 0 Å². The number of rotatable bonds is 4. The second-order valence-corrected chi connectivity index (χ2v) is 9.82. The number of guanidine groups is 1. The van der Waals surface area contributed by atoms with Gasteiger partial charge in [-0.1, -0.05) is 44.2 Å². The van der Waals surface area contributed by atoms with E-state index in [2.05, 4.69) is 66.2 Å². The number of hydrogen-bond donors (Lipinski definition) is 1. The second-order valence-electron chi connectivity index (χ2n) is 9.82. The maximum atomic E-state index is 6.20. The largest absolute Gasteiger partial charge is 0.377 e. The van der Waals surface area contributed by atoms with Crippen LogP contribution in [0, 0.1) is 11.3 Å². The van der Waals surface area contributed by atoms with Gasteiger partial charge in [-0.2, -0.15) is 0 Å². The normalized spacial score (nSPS) is 34.5. The fourth-order valence-electron chi connectivity index (χ4n) is 6.09. The van der Waals surface area contributed by atoms with Crippen LogP contribution in [0.25, 0.3) is 0 Å². The highest BCUT2D eigenvalue weighted by molar-refractivity contribution is 14.0. The summed E-state index contributed by atoms with van der Waals surface area (Å²) < 4.78 is 12.2. The summed E-state index contributed by atoms with van der Waals surface area (Å²) >= 11 is 0. The van der Waals surface area contributed by atoms with Crippen LogP contribution in [0.15, 0.2) is 35.3 Å². The molecule has 4 aliphatic rings. The Labute approximate surface area is 203 Å². The lowest BCUT2D eigenvalue weighted by molar-refractivity contribution is -0.107. The topological polar surface area (TPSA) is 49.3 Å². The van der Waals surface area contributed by atoms with Crippen LogP contribution in [0.4, 0.5) is 0 Å². The van der Waals surface area contributed by atoms with Crippen LogP contribution in [0.1, 0.15) is 32.8 Å². The number of halogens is 1. The molecule has 172 valence electrons. The van der Waals surface area contributed by atoms with Crippen molar-refractivity contribution in [2.45, 2.75) is 58.0 Å². The van der Waals surface area contributed by atoms with Crippen molar-refractivity contribution in [1.82, 2.24) is 15.1 Å². The highest BCUT2D eigenvalue weighted by Crippen LogP contribution is 2.52. The lowest BCUT2D eigenvalue weighted by Crippen LogP contribution is -2.68. The van der Waals surface area contributed by atoms with Crippen molar-refractivity contribution < 1.29 is 9.47 Å². The molecule has 0 aromatic heterocycles. The number of aliphatic imine (C=N–C) groups is 1. The first-order valence-corrected chi connectivity index (χ1v) is 11.6. The first-order valence-electron chi connectivity index (χ1n) is 11.6. The summed E-state index contributed by atoms with van der Waals surface area (Å²) in [6.07, 6.45) is 1.80. The molecule has 1 aromatic carbocycles. The second kappa shape index (κ2) is 9.53. The van der Waals surface area contributed by atoms with E-state index in [-0.39, 0.29) is 35.5 Å². The fraction of sp³-hybridized carbons (Fsp3) is 0.708. The van der Waals surface area contributed by atoms with Crippen LogP contribution in [0.5, 0.6) is 0 Å². The molecule has 7 heteroatoms. The number of fused-ring (bicyclic) bond motifs is 2. The lowest BCUT2D eigenvalue weighted by Gasteiger charge is -2.55. The third-order valence-corrected chi connectivity index (χ3v) is 7.64. The molecule has 1 N–H and O–H groups in total. The summed E-state index contributed by atoms with van der Waals surface area (Å²) in [5.74, 6) is 1.66. The Morgan fingerprint density at radius 2 is 1.97 bits per heavy atom. The van der Waals surface area contributed by atoms with Crippen LogP contribution < -0.4 is 5.32 Å². The van der Waals surface area contributed by atoms with E-state index < -0.39 is 0 Å². The van der Waals surface area contributed by atoms with E-state index in [9.17, 15) is 0 Å². The quantitative estimate of drug-likeness (QED) is 0.362. The van der Waals surface area contributed by atoms with Crippen molar-refractivity contribution in [3.63, 3.8) is 0 Å². The minimum absolute atomic E-state index is 0. The van der Waals surface area contributed by atoms with Crippen LogP contribution in [0.3, 0.4) is 0 Å². The molecule has 4 fully saturated rings. The van der Waals surface area contributed by atoms with Gasteiger partial charge in [-0.3, -0.25) is 9.89 Å². The zero-order chi connectivity index (χ0) is 20.7. The maximum Gasteiger partial charge on any atom is 0.194 e. The Bertz CT molecular complexity index is 774. The summed E-state index contributed by atoms with van der Waals surface area (Å²) in [7, 11) is 0. The Hall–Kier alpha value is -0.900. The molecule has 3 aliphatic heterocycles. The Balaban J connectivity index is 0.00000231. The summed E-state index contributed by atoms with van der Waals surface area (Å²) in [6, 6.07) is 11.6. The smallest absolute Gasteiger partial charge is 0.194 e. The Kier molecular flexibility index (Phi) is 7.15. The zero-order valence-electron chi connectivity index (χ0n) is 19.0. The lowest BCUT2D eigenvalue weighted by atomic mass is 9.57. The van der Waals surface area contributed by atoms with Crippen molar-refractivity contribution >= 4 is 29.9 Å². The van der Waals surface area contributed by atoms with E-state index in [0.717, 1.165) is 58.3 Å². The SMILES string of the molecule is CCN=C(NC1C2CCOC2C1(C)C)N1CC2OCCN(Cc3ccccc3)C2C1.I. The third-order valence-electron chi connectivity index (χ3n) is 7.64. The molecular weight excluding hydrogens is 503 g/mol. The summed E-state index contributed by atoms with van der Waals surface area (Å²) in [4.78, 5) is 9.92. The van der Waals surface area contributed by atoms with E-state index in [1.807, 2.05) is 0 Å². The van der Waals surface area contributed by atoms with Gasteiger partial charge in [0.25, 0.3) is 0 Å². The number of nitrogens with zero attached hydrogens (tertiary/aromatic N) is 3. The molecular formula is C24H37IN4O2. The predicted octanol–water partition coefficient (Wildman–Crippen LogP) is 2.97. The van der Waals surface area contributed by atoms with Gasteiger partial charge in [-0.25, -0.2) is 0 Å². The molecule has 1 saturated carbocycles. The highest BCUT2D eigenvalue weighted by atomic mass is 127. The highest BCUT2D eigenvalue weighted by Gasteiger charge is 2.60. The summed E-state index contributed by atoms with van der Waals surface area (Å²) in [6.45, 7) is 13.2. The molecule has 3 heterocycles. The number of hydrogen-bond acceptors (Lipinski definition) is 4. The van der Waals surface area contributed by atoms with E-state index in [1.54, 1.807) is 0 Å². The molecule has 0 bridgehead atoms. The first kappa shape index (κ1) is 23.3. The molecule has 31 heavy (non-hydrogen) atoms. The van der Waals surface area contributed by atoms with Crippen molar-refractivity contribution in [1.29, 1.82) is 0 Å². The standard InChI is InChI=1S/C24H36N4O2.HI/c1-4-25-23(26-21-18-10-12-30-22(18)24(21,2)3)28-15-19-20(16-28)29-13-11-27(19)14-17-8-6-5-7-9-17;/h5-9,18-22H,4,10-16H2,1-3H3,(H,25,26);1H. The minimum Gasteiger partial charge on any atom is -0.377 e. The Morgan fingerprint density at radius 3 is 2.74 bits per heavy atom. The fourth-order valence-corrected chi connectivity index (χ4v) is 6.09. The Morgan fingerprint density at radius 1 is 1.16 bits per heavy atom. The van der Waals surface area contributed by atoms with Crippen molar-refractivity contribution in [2.24, 2.45) is 16.3 Å². The monoisotopic (exact) mass is 540 g/mol. The first-order chi connectivity index (χ1) is 14.6. The van der Waals surface area contributed by atoms with Crippen LogP contribution in [-0.2, 0) is 16.0 Å². The molecule has 5 rings (SSSR count). The average Bonchev–Trinajstić information content (AvgIpc) is 3.38. The van der Waals surface area contributed by atoms with E-state index in [0.29, 0.717) is 24.1 Å². The van der Waals surface area contributed by atoms with Gasteiger partial charge in [0.05, 0.1) is 24.9 Å². The van der Waals surface area contributed by atoms with E-state index in [1.165, 1.54) is 5.56 Å². The molecule has 5 unspecified atom stereocenters. The zero-order valence-corrected chi connectivity index (χ0v) is 21.3. The van der Waals surface area contributed by atoms with Gasteiger partial charge in [0.2, 0.25) is 0 Å². The van der Waals surface area contributed by atoms with Gasteiger partial charge in [0.15, 0.2) is 5.96 Å². The molecule has 6 nitrogen and oxygen atoms in total. The van der Waals surface area contributed by atoms with Gasteiger partial charge in [0, 0.05) is 56.7 Å². The molecule has 0 radical (unpaired) electrons. The van der Waals surface area contributed by atoms with E-state index in [4.69, 9.17) is 14.5 Å². The maximum absolute atomic E-state index is 6.20. The number of nitrogens with one attached hydrogen (secondary N) is 1. The van der Waals surface area contributed by atoms with E-state index >= 15 is 0 Å². The predicted molar refractivity (Wildman–Crippen MR) is 134 cm³/mol. The average molecular weight is 540 g/mol. The minimum atomic E-state index is 0. The third kappa shape index (κ3) is 4.35. The number of benzene rings is 1. The van der Waals surface area contributed by atoms with Gasteiger partial charge in [-0.15, -0.1) is 24.0 Å². The van der Waals surface area contributed by atoms with Crippen LogP contribution >= 0.6 is 24.0 Å². The summed E-state index contributed by atoms with van der Waals surface area (Å²) in [5, 5.41) is 3.85. The van der Waals surface area contributed by atoms with Crippen molar-refractivity contribution in [2.75, 3.05) is 39.4 Å².